The first-order valence-corrected chi connectivity index (χ1v) is 7.05. The van der Waals surface area contributed by atoms with Crippen molar-refractivity contribution in [3.8, 4) is 0 Å². The minimum absolute atomic E-state index is 0.117. The van der Waals surface area contributed by atoms with Gasteiger partial charge in [0.05, 0.1) is 29.3 Å². The van der Waals surface area contributed by atoms with Crippen molar-refractivity contribution in [2.75, 3.05) is 19.6 Å². The van der Waals surface area contributed by atoms with E-state index in [9.17, 15) is 35.9 Å². The molecular formula is C14H13F6N3O2. The summed E-state index contributed by atoms with van der Waals surface area (Å²) in [6, 6.07) is 0.406. The van der Waals surface area contributed by atoms with Crippen molar-refractivity contribution >= 4 is 11.8 Å². The monoisotopic (exact) mass is 369 g/mol. The summed E-state index contributed by atoms with van der Waals surface area (Å²) in [6.07, 6.45) is -9.93. The molecule has 1 heterocycles. The largest absolute Gasteiger partial charge is 0.417 e. The molecule has 0 aromatic heterocycles. The van der Waals surface area contributed by atoms with E-state index in [1.807, 2.05) is 5.32 Å². The quantitative estimate of drug-likeness (QED) is 0.706. The van der Waals surface area contributed by atoms with Crippen LogP contribution in [0.3, 0.4) is 0 Å². The summed E-state index contributed by atoms with van der Waals surface area (Å²) in [5.74, 6) is -2.07. The lowest BCUT2D eigenvalue weighted by molar-refractivity contribution is -0.141. The highest BCUT2D eigenvalue weighted by atomic mass is 19.4. The van der Waals surface area contributed by atoms with E-state index in [0.717, 1.165) is 0 Å². The second-order valence-electron chi connectivity index (χ2n) is 5.36. The number of halogens is 6. The van der Waals surface area contributed by atoms with Crippen LogP contribution in [0.25, 0.3) is 0 Å². The van der Waals surface area contributed by atoms with E-state index in [4.69, 9.17) is 0 Å². The topological polar surface area (TPSA) is 70.2 Å². The van der Waals surface area contributed by atoms with Crippen molar-refractivity contribution in [3.05, 3.63) is 34.9 Å². The smallest absolute Gasteiger partial charge is 0.349 e. The third-order valence-electron chi connectivity index (χ3n) is 3.45. The number of benzene rings is 1. The Bertz CT molecular complexity index is 668. The van der Waals surface area contributed by atoms with Gasteiger partial charge in [0.2, 0.25) is 5.91 Å². The predicted octanol–water partition coefficient (Wildman–Crippen LogP) is 1.54. The van der Waals surface area contributed by atoms with Gasteiger partial charge in [-0.1, -0.05) is 0 Å². The highest BCUT2D eigenvalue weighted by Gasteiger charge is 2.38. The van der Waals surface area contributed by atoms with Gasteiger partial charge >= 0.3 is 12.4 Å². The van der Waals surface area contributed by atoms with Crippen LogP contribution in [0, 0.1) is 0 Å². The second-order valence-corrected chi connectivity index (χ2v) is 5.36. The Morgan fingerprint density at radius 2 is 1.72 bits per heavy atom. The van der Waals surface area contributed by atoms with Gasteiger partial charge in [0.1, 0.15) is 0 Å². The van der Waals surface area contributed by atoms with E-state index in [1.165, 1.54) is 0 Å². The number of hydrogen-bond acceptors (Lipinski definition) is 3. The Morgan fingerprint density at radius 1 is 1.08 bits per heavy atom. The molecule has 0 spiro atoms. The molecule has 2 rings (SSSR count). The molecule has 1 aromatic rings. The van der Waals surface area contributed by atoms with Crippen molar-refractivity contribution in [2.45, 2.75) is 18.4 Å². The second kappa shape index (κ2) is 6.90. The van der Waals surface area contributed by atoms with Crippen molar-refractivity contribution in [2.24, 2.45) is 0 Å². The molecule has 11 heteroatoms. The number of nitrogens with one attached hydrogen (secondary N) is 3. The average molecular weight is 369 g/mol. The Labute approximate surface area is 137 Å². The minimum atomic E-state index is -5.02. The van der Waals surface area contributed by atoms with Gasteiger partial charge in [-0.25, -0.2) is 0 Å². The highest BCUT2D eigenvalue weighted by Crippen LogP contribution is 2.36. The maximum absolute atomic E-state index is 12.9. The fourth-order valence-corrected chi connectivity index (χ4v) is 2.08. The fourth-order valence-electron chi connectivity index (χ4n) is 2.08. The van der Waals surface area contributed by atoms with Crippen LogP contribution >= 0.6 is 0 Å². The number of amides is 2. The fraction of sp³-hybridized carbons (Fsp3) is 0.429. The summed E-state index contributed by atoms with van der Waals surface area (Å²) in [4.78, 5) is 23.4. The lowest BCUT2D eigenvalue weighted by Crippen LogP contribution is -2.58. The van der Waals surface area contributed by atoms with E-state index in [-0.39, 0.29) is 24.2 Å². The molecule has 1 aliphatic rings. The molecule has 25 heavy (non-hydrogen) atoms. The van der Waals surface area contributed by atoms with Crippen molar-refractivity contribution in [1.29, 1.82) is 0 Å². The van der Waals surface area contributed by atoms with Crippen LogP contribution in [0.1, 0.15) is 21.5 Å². The van der Waals surface area contributed by atoms with E-state index in [0.29, 0.717) is 13.1 Å². The minimum Gasteiger partial charge on any atom is -0.349 e. The molecule has 1 fully saturated rings. The van der Waals surface area contributed by atoms with E-state index < -0.39 is 47.4 Å². The summed E-state index contributed by atoms with van der Waals surface area (Å²) in [6.45, 7) is 0.389. The van der Waals surface area contributed by atoms with Gasteiger partial charge in [-0.2, -0.15) is 26.3 Å². The lowest BCUT2D eigenvalue weighted by atomic mass is 10.0. The molecule has 1 aliphatic heterocycles. The zero-order valence-corrected chi connectivity index (χ0v) is 12.5. The number of carbonyl (C=O) groups is 2. The normalized spacial score (nSPS) is 15.4. The summed E-state index contributed by atoms with van der Waals surface area (Å²) in [5, 5.41) is 7.26. The van der Waals surface area contributed by atoms with E-state index in [1.54, 1.807) is 0 Å². The molecule has 1 aromatic carbocycles. The van der Waals surface area contributed by atoms with Gasteiger partial charge in [-0.05, 0) is 18.2 Å². The van der Waals surface area contributed by atoms with Crippen molar-refractivity contribution in [3.63, 3.8) is 0 Å². The number of rotatable bonds is 4. The molecule has 1 saturated heterocycles. The van der Waals surface area contributed by atoms with Crippen LogP contribution in [0.2, 0.25) is 0 Å². The maximum atomic E-state index is 12.9. The summed E-state index contributed by atoms with van der Waals surface area (Å²) in [5.41, 5.74) is -4.10. The van der Waals surface area contributed by atoms with Crippen LogP contribution in [-0.4, -0.2) is 37.5 Å². The summed E-state index contributed by atoms with van der Waals surface area (Å²) in [7, 11) is 0. The first kappa shape index (κ1) is 19.0. The molecule has 5 nitrogen and oxygen atoms in total. The summed E-state index contributed by atoms with van der Waals surface area (Å²) >= 11 is 0. The predicted molar refractivity (Wildman–Crippen MR) is 73.6 cm³/mol. The molecule has 0 unspecified atom stereocenters. The molecular weight excluding hydrogens is 356 g/mol. The third kappa shape index (κ3) is 4.84. The number of hydrogen-bond donors (Lipinski definition) is 3. The van der Waals surface area contributed by atoms with Gasteiger partial charge in [0, 0.05) is 13.1 Å². The Morgan fingerprint density at radius 3 is 2.20 bits per heavy atom. The molecule has 0 bridgehead atoms. The first-order chi connectivity index (χ1) is 11.5. The number of alkyl halides is 6. The van der Waals surface area contributed by atoms with Crippen LogP contribution in [0.5, 0.6) is 0 Å². The SMILES string of the molecule is O=C(CNC(=O)c1cc(C(F)(F)F)ccc1C(F)(F)F)NC1CNC1. The Balaban J connectivity index is 2.16. The van der Waals surface area contributed by atoms with Crippen LogP contribution in [0.4, 0.5) is 26.3 Å². The molecule has 3 N–H and O–H groups in total. The van der Waals surface area contributed by atoms with Gasteiger partial charge < -0.3 is 16.0 Å². The standard InChI is InChI=1S/C14H13F6N3O2/c15-13(16,17)7-1-2-10(14(18,19)20)9(3-7)12(25)22-6-11(24)23-8-4-21-5-8/h1-3,8,21H,4-6H2,(H,22,25)(H,23,24). The maximum Gasteiger partial charge on any atom is 0.417 e. The van der Waals surface area contributed by atoms with E-state index >= 15 is 0 Å². The molecule has 2 amide bonds. The van der Waals surface area contributed by atoms with Crippen molar-refractivity contribution < 1.29 is 35.9 Å². The molecule has 138 valence electrons. The van der Waals surface area contributed by atoms with Gasteiger partial charge in [-0.3, -0.25) is 9.59 Å². The molecule has 0 atom stereocenters. The summed E-state index contributed by atoms with van der Waals surface area (Å²) < 4.78 is 76.8. The van der Waals surface area contributed by atoms with Crippen LogP contribution in [0.15, 0.2) is 18.2 Å². The molecule has 0 radical (unpaired) electrons. The molecule has 0 aliphatic carbocycles. The van der Waals surface area contributed by atoms with Gasteiger partial charge in [0.15, 0.2) is 0 Å². The third-order valence-corrected chi connectivity index (χ3v) is 3.45. The zero-order chi connectivity index (χ0) is 18.8. The Hall–Kier alpha value is -2.30. The Kier molecular flexibility index (Phi) is 5.26. The lowest BCUT2D eigenvalue weighted by Gasteiger charge is -2.27. The molecule has 0 saturated carbocycles. The van der Waals surface area contributed by atoms with Crippen LogP contribution < -0.4 is 16.0 Å². The van der Waals surface area contributed by atoms with Gasteiger partial charge in [-0.15, -0.1) is 0 Å². The highest BCUT2D eigenvalue weighted by molar-refractivity contribution is 5.98. The number of carbonyl (C=O) groups excluding carboxylic acids is 2. The van der Waals surface area contributed by atoms with Crippen LogP contribution in [-0.2, 0) is 17.1 Å². The van der Waals surface area contributed by atoms with E-state index in [2.05, 4.69) is 10.6 Å². The average Bonchev–Trinajstić information content (AvgIpc) is 2.46. The zero-order valence-electron chi connectivity index (χ0n) is 12.5. The first-order valence-electron chi connectivity index (χ1n) is 7.05. The van der Waals surface area contributed by atoms with Gasteiger partial charge in [0.25, 0.3) is 5.91 Å². The van der Waals surface area contributed by atoms with Crippen molar-refractivity contribution in [1.82, 2.24) is 16.0 Å².